The van der Waals surface area contributed by atoms with Gasteiger partial charge in [-0.3, -0.25) is 28.8 Å². The average molecular weight is 708 g/mol. The summed E-state index contributed by atoms with van der Waals surface area (Å²) in [4.78, 5) is 90.5. The van der Waals surface area contributed by atoms with E-state index in [-0.39, 0.29) is 35.8 Å². The van der Waals surface area contributed by atoms with Crippen LogP contribution in [0.25, 0.3) is 0 Å². The third kappa shape index (κ3) is 8.17. The lowest BCUT2D eigenvalue weighted by Gasteiger charge is -2.33. The molecule has 0 radical (unpaired) electrons. The number of benzene rings is 1. The molecule has 0 unspecified atom stereocenters. The SMILES string of the molecule is CC[C@H](C)[C@@H]1NC(=O)[C@@H]2CCCN2C(=O)[C@H](C(C)C)NC(=O)[C@@H]2CCCN2C(=O)[C@H](Cc2ccccc2)NC(=O)[C@H](C)NC(=O)c2csc1n2. The Balaban J connectivity index is 1.51. The zero-order valence-electron chi connectivity index (χ0n) is 29.4. The molecule has 4 heterocycles. The highest BCUT2D eigenvalue weighted by Crippen LogP contribution is 2.29. The van der Waals surface area contributed by atoms with Crippen molar-refractivity contribution in [3.8, 4) is 0 Å². The maximum Gasteiger partial charge on any atom is 0.271 e. The van der Waals surface area contributed by atoms with E-state index >= 15 is 0 Å². The number of hydrogen-bond donors (Lipinski definition) is 4. The lowest BCUT2D eigenvalue weighted by molar-refractivity contribution is -0.145. The topological polar surface area (TPSA) is 170 Å². The zero-order chi connectivity index (χ0) is 36.1. The van der Waals surface area contributed by atoms with Crippen LogP contribution in [0.5, 0.6) is 0 Å². The minimum atomic E-state index is -1.01. The smallest absolute Gasteiger partial charge is 0.271 e. The fourth-order valence-electron chi connectivity index (χ4n) is 6.90. The number of thiazole rings is 1. The quantitative estimate of drug-likeness (QED) is 0.370. The molecule has 5 rings (SSSR count). The predicted molar refractivity (Wildman–Crippen MR) is 188 cm³/mol. The first kappa shape index (κ1) is 36.9. The minimum Gasteiger partial charge on any atom is -0.345 e. The third-order valence-electron chi connectivity index (χ3n) is 10.1. The van der Waals surface area contributed by atoms with Crippen LogP contribution in [0, 0.1) is 11.8 Å². The van der Waals surface area contributed by atoms with Crippen LogP contribution in [0.3, 0.4) is 0 Å². The summed E-state index contributed by atoms with van der Waals surface area (Å²) in [5, 5.41) is 13.7. The molecule has 3 aliphatic rings. The van der Waals surface area contributed by atoms with Gasteiger partial charge in [0.15, 0.2) is 0 Å². The number of rotatable bonds is 5. The Bertz CT molecular complexity index is 1580. The van der Waals surface area contributed by atoms with Crippen molar-refractivity contribution in [2.45, 2.75) is 109 Å². The largest absolute Gasteiger partial charge is 0.345 e. The van der Waals surface area contributed by atoms with Crippen LogP contribution in [-0.4, -0.2) is 93.5 Å². The van der Waals surface area contributed by atoms with Gasteiger partial charge >= 0.3 is 0 Å². The van der Waals surface area contributed by atoms with Gasteiger partial charge in [-0.2, -0.15) is 0 Å². The number of carbonyl (C=O) groups excluding carboxylic acids is 6. The highest BCUT2D eigenvalue weighted by Gasteiger charge is 2.43. The van der Waals surface area contributed by atoms with E-state index in [2.05, 4.69) is 26.3 Å². The van der Waals surface area contributed by atoms with E-state index in [1.807, 2.05) is 58.0 Å². The average Bonchev–Trinajstić information content (AvgIpc) is 3.89. The maximum atomic E-state index is 14.2. The van der Waals surface area contributed by atoms with Crippen LogP contribution < -0.4 is 21.3 Å². The number of nitrogens with zero attached hydrogens (tertiary/aromatic N) is 3. The van der Waals surface area contributed by atoms with E-state index in [0.717, 1.165) is 12.0 Å². The van der Waals surface area contributed by atoms with Gasteiger partial charge in [0, 0.05) is 24.9 Å². The summed E-state index contributed by atoms with van der Waals surface area (Å²) in [6.07, 6.45) is 2.98. The standard InChI is InChI=1S/C36H49N7O6S/c1-6-21(4)29-34-39-25(19-50-34)31(45)37-22(5)30(44)38-24(18-23-12-8-7-9-13-23)35(48)42-16-10-14-26(42)32(46)40-28(20(2)3)36(49)43-17-11-15-27(43)33(47)41-29/h7-9,12-13,19-22,24,26-29H,6,10-11,14-18H2,1-5H3,(H,37,45)(H,38,44)(H,40,46)(H,41,47)/t21-,22-,24-,26-,27-,28-,29-/m0/s1. The number of aromatic nitrogens is 1. The molecule has 13 nitrogen and oxygen atoms in total. The van der Waals surface area contributed by atoms with E-state index in [1.165, 1.54) is 23.2 Å². The van der Waals surface area contributed by atoms with Gasteiger partial charge in [-0.1, -0.05) is 64.4 Å². The normalized spacial score (nSPS) is 27.9. The Labute approximate surface area is 297 Å². The van der Waals surface area contributed by atoms with E-state index in [0.29, 0.717) is 43.8 Å². The van der Waals surface area contributed by atoms with Crippen molar-refractivity contribution >= 4 is 46.8 Å². The second kappa shape index (κ2) is 16.1. The molecule has 3 aliphatic heterocycles. The Morgan fingerprint density at radius 1 is 0.800 bits per heavy atom. The maximum absolute atomic E-state index is 14.2. The van der Waals surface area contributed by atoms with Crippen LogP contribution >= 0.6 is 11.3 Å². The van der Waals surface area contributed by atoms with Crippen molar-refractivity contribution in [3.05, 3.63) is 52.0 Å². The minimum absolute atomic E-state index is 0.0333. The van der Waals surface area contributed by atoms with Crippen molar-refractivity contribution in [1.29, 1.82) is 0 Å². The molecule has 2 fully saturated rings. The van der Waals surface area contributed by atoms with E-state index in [1.54, 1.807) is 10.3 Å². The molecule has 6 amide bonds. The molecular weight excluding hydrogens is 659 g/mol. The molecule has 0 spiro atoms. The first-order valence-electron chi connectivity index (χ1n) is 17.7. The molecule has 50 heavy (non-hydrogen) atoms. The lowest BCUT2D eigenvalue weighted by atomic mass is 9.98. The summed E-state index contributed by atoms with van der Waals surface area (Å²) in [7, 11) is 0. The van der Waals surface area contributed by atoms with Crippen molar-refractivity contribution in [3.63, 3.8) is 0 Å². The first-order chi connectivity index (χ1) is 23.9. The zero-order valence-corrected chi connectivity index (χ0v) is 30.3. The van der Waals surface area contributed by atoms with E-state index in [4.69, 9.17) is 0 Å². The number of amides is 6. The number of hydrogen-bond acceptors (Lipinski definition) is 8. The third-order valence-corrected chi connectivity index (χ3v) is 11.0. The van der Waals surface area contributed by atoms with E-state index in [9.17, 15) is 28.8 Å². The molecule has 14 heteroatoms. The number of carbonyl (C=O) groups is 6. The van der Waals surface area contributed by atoms with Crippen LogP contribution in [0.1, 0.15) is 93.8 Å². The van der Waals surface area contributed by atoms with Crippen molar-refractivity contribution < 1.29 is 28.8 Å². The summed E-state index contributed by atoms with van der Waals surface area (Å²) in [5.74, 6) is -2.98. The summed E-state index contributed by atoms with van der Waals surface area (Å²) >= 11 is 1.24. The Kier molecular flexibility index (Phi) is 11.9. The molecule has 270 valence electrons. The fourth-order valence-corrected chi connectivity index (χ4v) is 7.88. The molecule has 1 aromatic carbocycles. The Morgan fingerprint density at radius 2 is 1.40 bits per heavy atom. The number of fused-ring (bicyclic) bond motifs is 4. The highest BCUT2D eigenvalue weighted by atomic mass is 32.1. The summed E-state index contributed by atoms with van der Waals surface area (Å²) < 4.78 is 0. The first-order valence-corrected chi connectivity index (χ1v) is 18.6. The van der Waals surface area contributed by atoms with Crippen molar-refractivity contribution in [2.24, 2.45) is 11.8 Å². The number of nitrogens with one attached hydrogen (secondary N) is 4. The van der Waals surface area contributed by atoms with Crippen LogP contribution in [-0.2, 0) is 30.4 Å². The summed E-state index contributed by atoms with van der Waals surface area (Å²) in [5.41, 5.74) is 0.921. The summed E-state index contributed by atoms with van der Waals surface area (Å²) in [6.45, 7) is 9.88. The van der Waals surface area contributed by atoms with Gasteiger partial charge in [0.05, 0.1) is 6.04 Å². The highest BCUT2D eigenvalue weighted by molar-refractivity contribution is 7.09. The van der Waals surface area contributed by atoms with Crippen molar-refractivity contribution in [1.82, 2.24) is 36.1 Å². The molecule has 2 saturated heterocycles. The second-order valence-electron chi connectivity index (χ2n) is 14.0. The monoisotopic (exact) mass is 707 g/mol. The van der Waals surface area contributed by atoms with Gasteiger partial charge in [-0.05, 0) is 50.0 Å². The van der Waals surface area contributed by atoms with Gasteiger partial charge < -0.3 is 31.1 Å². The molecule has 1 aromatic heterocycles. The van der Waals surface area contributed by atoms with Crippen LogP contribution in [0.2, 0.25) is 0 Å². The Morgan fingerprint density at radius 3 is 2.00 bits per heavy atom. The van der Waals surface area contributed by atoms with Gasteiger partial charge in [0.1, 0.15) is 40.9 Å². The predicted octanol–water partition coefficient (Wildman–Crippen LogP) is 2.33. The fraction of sp³-hybridized carbons (Fsp3) is 0.583. The van der Waals surface area contributed by atoms with Crippen molar-refractivity contribution in [2.75, 3.05) is 13.1 Å². The van der Waals surface area contributed by atoms with Gasteiger partial charge in [-0.25, -0.2) is 4.98 Å². The molecule has 0 saturated carbocycles. The molecule has 0 aliphatic carbocycles. The molecule has 4 N–H and O–H groups in total. The van der Waals surface area contributed by atoms with Crippen LogP contribution in [0.15, 0.2) is 35.7 Å². The lowest BCUT2D eigenvalue weighted by Crippen LogP contribution is -2.59. The second-order valence-corrected chi connectivity index (χ2v) is 14.9. The molecule has 2 aromatic rings. The summed E-state index contributed by atoms with van der Waals surface area (Å²) in [6, 6.07) is 4.24. The van der Waals surface area contributed by atoms with Gasteiger partial charge in [0.2, 0.25) is 29.5 Å². The molecule has 7 atom stereocenters. The van der Waals surface area contributed by atoms with Gasteiger partial charge in [0.25, 0.3) is 5.91 Å². The van der Waals surface area contributed by atoms with E-state index < -0.39 is 59.9 Å². The molecular formula is C36H49N7O6S. The van der Waals surface area contributed by atoms with Crippen LogP contribution in [0.4, 0.5) is 0 Å². The Hall–Kier alpha value is -4.33. The molecule has 2 bridgehead atoms. The van der Waals surface area contributed by atoms with Gasteiger partial charge in [-0.15, -0.1) is 11.3 Å².